The summed E-state index contributed by atoms with van der Waals surface area (Å²) < 4.78 is 1.11. The monoisotopic (exact) mass is 476 g/mol. The van der Waals surface area contributed by atoms with Crippen LogP contribution in [0.4, 0.5) is 5.69 Å². The molecule has 6 nitrogen and oxygen atoms in total. The summed E-state index contributed by atoms with van der Waals surface area (Å²) in [6.07, 6.45) is 2.50. The van der Waals surface area contributed by atoms with Crippen molar-refractivity contribution < 1.29 is 9.90 Å². The van der Waals surface area contributed by atoms with Crippen LogP contribution < -0.4 is 5.32 Å². The molecule has 168 valence electrons. The minimum absolute atomic E-state index is 0.0409. The molecule has 0 spiro atoms. The highest BCUT2D eigenvalue weighted by atomic mass is 32.2. The number of thioether (sulfide) groups is 1. The number of aryl methyl sites for hydroxylation is 1. The Morgan fingerprint density at radius 3 is 2.88 bits per heavy atom. The molecule has 5 rings (SSSR count). The fourth-order valence-electron chi connectivity index (χ4n) is 4.19. The van der Waals surface area contributed by atoms with Gasteiger partial charge >= 0.3 is 0 Å². The third-order valence-electron chi connectivity index (χ3n) is 5.72. The summed E-state index contributed by atoms with van der Waals surface area (Å²) in [6.45, 7) is 3.23. The van der Waals surface area contributed by atoms with Crippen LogP contribution in [0.5, 0.6) is 5.75 Å². The van der Waals surface area contributed by atoms with E-state index >= 15 is 0 Å². The van der Waals surface area contributed by atoms with Gasteiger partial charge in [-0.15, -0.1) is 23.1 Å². The summed E-state index contributed by atoms with van der Waals surface area (Å²) in [5.74, 6) is 0.211. The number of phenolic OH excluding ortho intramolecular Hbond substituents is 1. The molecule has 1 amide bonds. The first-order chi connectivity index (χ1) is 16.0. The molecule has 1 aliphatic rings. The van der Waals surface area contributed by atoms with Crippen molar-refractivity contribution in [3.8, 4) is 5.75 Å². The zero-order valence-electron chi connectivity index (χ0n) is 18.1. The van der Waals surface area contributed by atoms with Crippen molar-refractivity contribution in [1.82, 2.24) is 14.9 Å². The van der Waals surface area contributed by atoms with Gasteiger partial charge in [0.1, 0.15) is 5.75 Å². The number of nitrogens with one attached hydrogen (secondary N) is 1. The van der Waals surface area contributed by atoms with Crippen LogP contribution in [0.3, 0.4) is 0 Å². The van der Waals surface area contributed by atoms with E-state index in [0.29, 0.717) is 13.0 Å². The molecule has 0 bridgehead atoms. The van der Waals surface area contributed by atoms with Crippen LogP contribution in [0.2, 0.25) is 0 Å². The van der Waals surface area contributed by atoms with Crippen molar-refractivity contribution in [2.75, 3.05) is 11.9 Å². The average Bonchev–Trinajstić information content (AvgIpc) is 3.38. The number of hydrogen-bond acceptors (Lipinski definition) is 7. The van der Waals surface area contributed by atoms with Crippen LogP contribution >= 0.6 is 23.1 Å². The lowest BCUT2D eigenvalue weighted by molar-refractivity contribution is -0.120. The van der Waals surface area contributed by atoms with E-state index in [4.69, 9.17) is 0 Å². The number of carbonyl (C=O) groups is 1. The molecule has 4 aromatic rings. The molecule has 0 radical (unpaired) electrons. The summed E-state index contributed by atoms with van der Waals surface area (Å²) >= 11 is 3.34. The lowest BCUT2D eigenvalue weighted by atomic mass is 10.1. The second-order valence-corrected chi connectivity index (χ2v) is 10.7. The van der Waals surface area contributed by atoms with Gasteiger partial charge in [0.2, 0.25) is 5.91 Å². The van der Waals surface area contributed by atoms with E-state index in [1.807, 2.05) is 61.5 Å². The van der Waals surface area contributed by atoms with Gasteiger partial charge in [0.25, 0.3) is 0 Å². The Balaban J connectivity index is 1.35. The van der Waals surface area contributed by atoms with Gasteiger partial charge in [0, 0.05) is 35.8 Å². The van der Waals surface area contributed by atoms with E-state index < -0.39 is 0 Å². The number of aromatic hydroxyl groups is 1. The lowest BCUT2D eigenvalue weighted by Gasteiger charge is -2.24. The van der Waals surface area contributed by atoms with Crippen molar-refractivity contribution in [3.63, 3.8) is 0 Å². The SMILES string of the molecule is Cc1nc2cc(NC(=O)[C@@H]3C[C@@H](Sc4ccccn4)CN3Cc3ccccc3O)ccc2s1. The van der Waals surface area contributed by atoms with Crippen LogP contribution in [0, 0.1) is 6.92 Å². The average molecular weight is 477 g/mol. The van der Waals surface area contributed by atoms with Gasteiger partial charge < -0.3 is 10.4 Å². The van der Waals surface area contributed by atoms with E-state index in [1.54, 1.807) is 35.4 Å². The Hall–Kier alpha value is -2.94. The predicted molar refractivity (Wildman–Crippen MR) is 134 cm³/mol. The number of rotatable bonds is 6. The van der Waals surface area contributed by atoms with Crippen molar-refractivity contribution >= 4 is 44.9 Å². The topological polar surface area (TPSA) is 78.4 Å². The van der Waals surface area contributed by atoms with Crippen LogP contribution in [0.1, 0.15) is 17.0 Å². The highest BCUT2D eigenvalue weighted by Gasteiger charge is 2.37. The Morgan fingerprint density at radius 1 is 1.21 bits per heavy atom. The molecule has 0 saturated carbocycles. The van der Waals surface area contributed by atoms with E-state index in [-0.39, 0.29) is 22.9 Å². The van der Waals surface area contributed by atoms with Gasteiger partial charge in [-0.05, 0) is 49.7 Å². The van der Waals surface area contributed by atoms with Crippen LogP contribution in [0.25, 0.3) is 10.2 Å². The number of hydrogen-bond donors (Lipinski definition) is 2. The van der Waals surface area contributed by atoms with Crippen molar-refractivity contribution in [2.24, 2.45) is 0 Å². The van der Waals surface area contributed by atoms with E-state index in [2.05, 4.69) is 20.2 Å². The summed E-state index contributed by atoms with van der Waals surface area (Å²) in [4.78, 5) is 24.5. The zero-order chi connectivity index (χ0) is 22.8. The largest absolute Gasteiger partial charge is 0.508 e. The second-order valence-electron chi connectivity index (χ2n) is 8.12. The Kier molecular flexibility index (Phi) is 6.30. The highest BCUT2D eigenvalue weighted by molar-refractivity contribution is 7.99. The van der Waals surface area contributed by atoms with Gasteiger partial charge in [-0.2, -0.15) is 0 Å². The third kappa shape index (κ3) is 5.03. The number of nitrogens with zero attached hydrogens (tertiary/aromatic N) is 3. The maximum absolute atomic E-state index is 13.4. The number of anilines is 1. The summed E-state index contributed by atoms with van der Waals surface area (Å²) in [5, 5.41) is 15.6. The molecule has 1 saturated heterocycles. The van der Waals surface area contributed by atoms with E-state index in [9.17, 15) is 9.90 Å². The number of amides is 1. The Labute approximate surface area is 200 Å². The van der Waals surface area contributed by atoms with Gasteiger partial charge in [0.05, 0.1) is 26.3 Å². The minimum Gasteiger partial charge on any atom is -0.508 e. The number of pyridine rings is 1. The fraction of sp³-hybridized carbons (Fsp3) is 0.240. The normalized spacial score (nSPS) is 18.6. The first kappa shape index (κ1) is 21.9. The van der Waals surface area contributed by atoms with Crippen LogP contribution in [0.15, 0.2) is 71.9 Å². The molecule has 2 N–H and O–H groups in total. The molecular weight excluding hydrogens is 452 g/mol. The zero-order valence-corrected chi connectivity index (χ0v) is 19.8. The Bertz CT molecular complexity index is 1280. The van der Waals surface area contributed by atoms with Crippen molar-refractivity contribution in [2.45, 2.75) is 36.2 Å². The van der Waals surface area contributed by atoms with Crippen molar-refractivity contribution in [1.29, 1.82) is 0 Å². The number of fused-ring (bicyclic) bond motifs is 1. The first-order valence-corrected chi connectivity index (χ1v) is 12.5. The fourth-order valence-corrected chi connectivity index (χ4v) is 6.16. The van der Waals surface area contributed by atoms with Gasteiger partial charge in [-0.3, -0.25) is 9.69 Å². The molecule has 33 heavy (non-hydrogen) atoms. The van der Waals surface area contributed by atoms with Crippen LogP contribution in [-0.2, 0) is 11.3 Å². The first-order valence-electron chi connectivity index (χ1n) is 10.8. The quantitative estimate of drug-likeness (QED) is 0.404. The highest BCUT2D eigenvalue weighted by Crippen LogP contribution is 2.34. The van der Waals surface area contributed by atoms with E-state index in [1.165, 1.54) is 0 Å². The van der Waals surface area contributed by atoms with Crippen molar-refractivity contribution in [3.05, 3.63) is 77.4 Å². The molecule has 2 aromatic heterocycles. The minimum atomic E-state index is -0.307. The van der Waals surface area contributed by atoms with Gasteiger partial charge in [-0.1, -0.05) is 24.3 Å². The number of aromatic nitrogens is 2. The Morgan fingerprint density at radius 2 is 2.06 bits per heavy atom. The molecule has 1 aliphatic heterocycles. The maximum Gasteiger partial charge on any atom is 0.241 e. The molecule has 8 heteroatoms. The predicted octanol–water partition coefficient (Wildman–Crippen LogP) is 5.08. The molecule has 0 aliphatic carbocycles. The number of likely N-dealkylation sites (tertiary alicyclic amines) is 1. The number of phenols is 1. The number of para-hydroxylation sites is 1. The molecule has 2 atom stereocenters. The summed E-state index contributed by atoms with van der Waals surface area (Å²) in [5.41, 5.74) is 2.47. The number of benzene rings is 2. The summed E-state index contributed by atoms with van der Waals surface area (Å²) in [7, 11) is 0. The number of carbonyl (C=O) groups excluding carboxylic acids is 1. The smallest absolute Gasteiger partial charge is 0.241 e. The van der Waals surface area contributed by atoms with E-state index in [0.717, 1.165) is 38.0 Å². The maximum atomic E-state index is 13.4. The second kappa shape index (κ2) is 9.51. The molecular formula is C25H24N4O2S2. The number of thiazole rings is 1. The third-order valence-corrected chi connectivity index (χ3v) is 7.83. The lowest BCUT2D eigenvalue weighted by Crippen LogP contribution is -2.39. The molecule has 2 aromatic carbocycles. The molecule has 3 heterocycles. The molecule has 1 fully saturated rings. The van der Waals surface area contributed by atoms with Crippen LogP contribution in [-0.4, -0.2) is 43.7 Å². The standard InChI is InChI=1S/C25H24N4O2S2/c1-16-27-20-12-18(9-10-23(20)32-16)28-25(31)21-13-19(33-24-8-4-5-11-26-24)15-29(21)14-17-6-2-3-7-22(17)30/h2-12,19,21,30H,13-15H2,1H3,(H,28,31)/t19-,21+/m1/s1. The molecule has 0 unspecified atom stereocenters. The van der Waals surface area contributed by atoms with Gasteiger partial charge in [-0.25, -0.2) is 9.97 Å². The van der Waals surface area contributed by atoms with Gasteiger partial charge in [0.15, 0.2) is 0 Å². The summed E-state index contributed by atoms with van der Waals surface area (Å²) in [6, 6.07) is 18.7.